The smallest absolute Gasteiger partial charge is 0.302 e. The number of nitrogens with zero attached hydrogens (tertiary/aromatic N) is 1. The Hall–Kier alpha value is -2.10. The Labute approximate surface area is 106 Å². The largest absolute Gasteiger partial charge is 0.461 e. The first-order chi connectivity index (χ1) is 8.66. The summed E-state index contributed by atoms with van der Waals surface area (Å²) in [5.41, 5.74) is 1.65. The van der Waals surface area contributed by atoms with Gasteiger partial charge in [0.05, 0.1) is 5.57 Å². The van der Waals surface area contributed by atoms with Crippen LogP contribution in [0.4, 0.5) is 0 Å². The van der Waals surface area contributed by atoms with Gasteiger partial charge in [0.1, 0.15) is 6.61 Å². The summed E-state index contributed by atoms with van der Waals surface area (Å²) >= 11 is 0. The second-order valence-corrected chi connectivity index (χ2v) is 4.18. The maximum atomic E-state index is 12.0. The molecule has 0 unspecified atom stereocenters. The van der Waals surface area contributed by atoms with Crippen molar-refractivity contribution in [3.8, 4) is 0 Å². The summed E-state index contributed by atoms with van der Waals surface area (Å²) < 4.78 is 4.84. The van der Waals surface area contributed by atoms with Crippen LogP contribution in [0.25, 0.3) is 0 Å². The predicted octanol–water partition coefficient (Wildman–Crippen LogP) is 1.52. The van der Waals surface area contributed by atoms with Crippen LogP contribution in [0.1, 0.15) is 12.5 Å². The highest BCUT2D eigenvalue weighted by molar-refractivity contribution is 5.96. The number of carbonyl (C=O) groups is 2. The molecule has 18 heavy (non-hydrogen) atoms. The van der Waals surface area contributed by atoms with Crippen LogP contribution in [0.3, 0.4) is 0 Å². The predicted molar refractivity (Wildman–Crippen MR) is 66.6 cm³/mol. The van der Waals surface area contributed by atoms with E-state index in [-0.39, 0.29) is 18.5 Å². The Morgan fingerprint density at radius 3 is 2.72 bits per heavy atom. The van der Waals surface area contributed by atoms with Crippen molar-refractivity contribution >= 4 is 11.9 Å². The van der Waals surface area contributed by atoms with Gasteiger partial charge in [0.25, 0.3) is 5.91 Å². The molecule has 0 atom stereocenters. The zero-order valence-electron chi connectivity index (χ0n) is 10.3. The minimum absolute atomic E-state index is 0.0555. The molecule has 4 heteroatoms. The van der Waals surface area contributed by atoms with Crippen molar-refractivity contribution in [2.75, 3.05) is 13.2 Å². The Bertz CT molecular complexity index is 479. The fourth-order valence-corrected chi connectivity index (χ4v) is 1.83. The third-order valence-corrected chi connectivity index (χ3v) is 2.77. The number of hydrogen-bond acceptors (Lipinski definition) is 3. The monoisotopic (exact) mass is 245 g/mol. The van der Waals surface area contributed by atoms with Crippen LogP contribution in [0.15, 0.2) is 42.0 Å². The first-order valence-corrected chi connectivity index (χ1v) is 5.82. The third-order valence-electron chi connectivity index (χ3n) is 2.77. The molecule has 0 N–H and O–H groups in total. The van der Waals surface area contributed by atoms with E-state index in [0.717, 1.165) is 5.56 Å². The lowest BCUT2D eigenvalue weighted by Crippen LogP contribution is -2.27. The molecule has 0 radical (unpaired) electrons. The Kier molecular flexibility index (Phi) is 3.77. The zero-order valence-corrected chi connectivity index (χ0v) is 10.3. The van der Waals surface area contributed by atoms with Crippen molar-refractivity contribution in [2.24, 2.45) is 0 Å². The lowest BCUT2D eigenvalue weighted by Gasteiger charge is -2.16. The molecule has 1 aliphatic rings. The average molecular weight is 245 g/mol. The van der Waals surface area contributed by atoms with E-state index in [9.17, 15) is 9.59 Å². The number of carbonyl (C=O) groups excluding carboxylic acids is 2. The Morgan fingerprint density at radius 2 is 2.06 bits per heavy atom. The molecule has 0 fully saturated rings. The van der Waals surface area contributed by atoms with E-state index < -0.39 is 0 Å². The summed E-state index contributed by atoms with van der Waals surface area (Å²) in [4.78, 5) is 24.4. The number of hydrogen-bond donors (Lipinski definition) is 0. The van der Waals surface area contributed by atoms with E-state index in [0.29, 0.717) is 18.7 Å². The second-order valence-electron chi connectivity index (χ2n) is 4.18. The van der Waals surface area contributed by atoms with Gasteiger partial charge in [0, 0.05) is 20.0 Å². The van der Waals surface area contributed by atoms with Crippen molar-refractivity contribution in [3.05, 3.63) is 47.5 Å². The van der Waals surface area contributed by atoms with Crippen LogP contribution in [0.5, 0.6) is 0 Å². The highest BCUT2D eigenvalue weighted by Crippen LogP contribution is 2.15. The summed E-state index contributed by atoms with van der Waals surface area (Å²) in [7, 11) is 0. The van der Waals surface area contributed by atoms with E-state index in [1.165, 1.54) is 6.92 Å². The van der Waals surface area contributed by atoms with Gasteiger partial charge in [-0.2, -0.15) is 0 Å². The molecule has 1 aliphatic heterocycles. The van der Waals surface area contributed by atoms with Crippen molar-refractivity contribution in [1.82, 2.24) is 4.90 Å². The lowest BCUT2D eigenvalue weighted by molar-refractivity contribution is -0.140. The number of esters is 1. The third kappa shape index (κ3) is 2.97. The summed E-state index contributed by atoms with van der Waals surface area (Å²) in [6, 6.07) is 9.81. The average Bonchev–Trinajstić information content (AvgIpc) is 2.70. The maximum Gasteiger partial charge on any atom is 0.302 e. The van der Waals surface area contributed by atoms with E-state index in [1.807, 2.05) is 36.4 Å². The number of ether oxygens (including phenoxy) is 1. The fourth-order valence-electron chi connectivity index (χ4n) is 1.83. The molecular weight excluding hydrogens is 230 g/mol. The molecule has 0 saturated heterocycles. The number of amides is 1. The maximum absolute atomic E-state index is 12.0. The summed E-state index contributed by atoms with van der Waals surface area (Å²) in [6.45, 7) is 2.56. The Balaban J connectivity index is 1.92. The minimum atomic E-state index is -0.370. The van der Waals surface area contributed by atoms with Gasteiger partial charge in [-0.1, -0.05) is 36.4 Å². The van der Waals surface area contributed by atoms with Gasteiger partial charge in [-0.15, -0.1) is 0 Å². The second kappa shape index (κ2) is 5.49. The first kappa shape index (κ1) is 12.4. The molecule has 0 aromatic heterocycles. The van der Waals surface area contributed by atoms with Crippen molar-refractivity contribution in [2.45, 2.75) is 13.5 Å². The van der Waals surface area contributed by atoms with Crippen LogP contribution in [-0.2, 0) is 20.9 Å². The van der Waals surface area contributed by atoms with Gasteiger partial charge >= 0.3 is 5.97 Å². The van der Waals surface area contributed by atoms with Gasteiger partial charge in [0.2, 0.25) is 0 Å². The van der Waals surface area contributed by atoms with Gasteiger partial charge in [-0.3, -0.25) is 9.59 Å². The van der Waals surface area contributed by atoms with Crippen LogP contribution in [0, 0.1) is 0 Å². The molecule has 94 valence electrons. The highest BCUT2D eigenvalue weighted by Gasteiger charge is 2.24. The van der Waals surface area contributed by atoms with Crippen LogP contribution in [0.2, 0.25) is 0 Å². The van der Waals surface area contributed by atoms with E-state index in [2.05, 4.69) is 0 Å². The lowest BCUT2D eigenvalue weighted by atomic mass is 10.2. The summed E-state index contributed by atoms with van der Waals surface area (Å²) in [6.07, 6.45) is 1.81. The molecule has 0 saturated carbocycles. The van der Waals surface area contributed by atoms with E-state index in [4.69, 9.17) is 4.74 Å². The minimum Gasteiger partial charge on any atom is -0.461 e. The molecule has 4 nitrogen and oxygen atoms in total. The number of rotatable bonds is 4. The topological polar surface area (TPSA) is 46.6 Å². The molecule has 1 aromatic rings. The van der Waals surface area contributed by atoms with Gasteiger partial charge < -0.3 is 9.64 Å². The van der Waals surface area contributed by atoms with Crippen LogP contribution >= 0.6 is 0 Å². The van der Waals surface area contributed by atoms with Crippen molar-refractivity contribution < 1.29 is 14.3 Å². The Morgan fingerprint density at radius 1 is 1.33 bits per heavy atom. The van der Waals surface area contributed by atoms with Crippen LogP contribution < -0.4 is 0 Å². The molecule has 1 aromatic carbocycles. The quantitative estimate of drug-likeness (QED) is 0.755. The van der Waals surface area contributed by atoms with Crippen molar-refractivity contribution in [1.29, 1.82) is 0 Å². The van der Waals surface area contributed by atoms with Crippen LogP contribution in [-0.4, -0.2) is 29.9 Å². The molecule has 1 amide bonds. The summed E-state index contributed by atoms with van der Waals surface area (Å²) in [5, 5.41) is 0. The first-order valence-electron chi connectivity index (χ1n) is 5.82. The van der Waals surface area contributed by atoms with Gasteiger partial charge in [-0.05, 0) is 5.56 Å². The van der Waals surface area contributed by atoms with Gasteiger partial charge in [0.15, 0.2) is 0 Å². The highest BCUT2D eigenvalue weighted by atomic mass is 16.5. The zero-order chi connectivity index (χ0) is 13.0. The molecule has 2 rings (SSSR count). The fraction of sp³-hybridized carbons (Fsp3) is 0.286. The normalized spacial score (nSPS) is 14.6. The molecule has 0 aliphatic carbocycles. The van der Waals surface area contributed by atoms with E-state index in [1.54, 1.807) is 4.90 Å². The standard InChI is InChI=1S/C14H15NO3/c1-11(16)18-10-13-7-8-15(14(13)17)9-12-5-3-2-4-6-12/h2-7H,8-10H2,1H3. The molecule has 0 bridgehead atoms. The molecular formula is C14H15NO3. The van der Waals surface area contributed by atoms with Gasteiger partial charge in [-0.25, -0.2) is 0 Å². The SMILES string of the molecule is CC(=O)OCC1=CCN(Cc2ccccc2)C1=O. The molecule has 0 spiro atoms. The molecule has 1 heterocycles. The number of benzene rings is 1. The van der Waals surface area contributed by atoms with E-state index >= 15 is 0 Å². The van der Waals surface area contributed by atoms with Crippen molar-refractivity contribution in [3.63, 3.8) is 0 Å². The summed E-state index contributed by atoms with van der Waals surface area (Å²) in [5.74, 6) is -0.426.